The summed E-state index contributed by atoms with van der Waals surface area (Å²) < 4.78 is 5.72. The Kier molecular flexibility index (Phi) is 1.66. The second-order valence-corrected chi connectivity index (χ2v) is 3.33. The molecule has 10 heavy (non-hydrogen) atoms. The van der Waals surface area contributed by atoms with Crippen LogP contribution in [-0.4, -0.2) is 18.9 Å². The highest BCUT2D eigenvalue weighted by Gasteiger charge is 2.35. The Hall–Kier alpha value is -0.0800. The first-order valence-corrected chi connectivity index (χ1v) is 4.30. The van der Waals surface area contributed by atoms with Gasteiger partial charge in [0.15, 0.2) is 0 Å². The van der Waals surface area contributed by atoms with Crippen LogP contribution in [0.2, 0.25) is 0 Å². The minimum atomic E-state index is 0.123. The lowest BCUT2D eigenvalue weighted by Gasteiger charge is -2.34. The lowest BCUT2D eigenvalue weighted by Crippen LogP contribution is -2.49. The van der Waals surface area contributed by atoms with E-state index in [2.05, 4.69) is 5.32 Å². The van der Waals surface area contributed by atoms with E-state index in [-0.39, 0.29) is 5.72 Å². The fourth-order valence-corrected chi connectivity index (χ4v) is 1.97. The Labute approximate surface area is 61.9 Å². The summed E-state index contributed by atoms with van der Waals surface area (Å²) in [7, 11) is 0. The summed E-state index contributed by atoms with van der Waals surface area (Å²) in [5.41, 5.74) is 0.123. The van der Waals surface area contributed by atoms with Crippen LogP contribution in [0.25, 0.3) is 0 Å². The summed E-state index contributed by atoms with van der Waals surface area (Å²) in [5, 5.41) is 3.47. The molecule has 0 bridgehead atoms. The molecule has 1 saturated carbocycles. The van der Waals surface area contributed by atoms with Gasteiger partial charge in [-0.2, -0.15) is 0 Å². The number of ether oxygens (including phenoxy) is 1. The van der Waals surface area contributed by atoms with Gasteiger partial charge < -0.3 is 4.74 Å². The van der Waals surface area contributed by atoms with E-state index in [1.165, 1.54) is 32.1 Å². The van der Waals surface area contributed by atoms with Gasteiger partial charge in [-0.3, -0.25) is 5.32 Å². The molecule has 58 valence electrons. The molecule has 0 atom stereocenters. The van der Waals surface area contributed by atoms with E-state index >= 15 is 0 Å². The average Bonchev–Trinajstić information content (AvgIpc) is 2.39. The average molecular weight is 141 g/mol. The van der Waals surface area contributed by atoms with Gasteiger partial charge in [0.1, 0.15) is 5.72 Å². The second-order valence-electron chi connectivity index (χ2n) is 3.33. The van der Waals surface area contributed by atoms with Gasteiger partial charge in [0.05, 0.1) is 6.61 Å². The summed E-state index contributed by atoms with van der Waals surface area (Å²) >= 11 is 0. The predicted molar refractivity (Wildman–Crippen MR) is 39.8 cm³/mol. The Balaban J connectivity index is 1.98. The van der Waals surface area contributed by atoms with Crippen molar-refractivity contribution in [3.05, 3.63) is 0 Å². The molecule has 0 aromatic rings. The van der Waals surface area contributed by atoms with Gasteiger partial charge in [-0.15, -0.1) is 0 Å². The lowest BCUT2D eigenvalue weighted by atomic mass is 10.1. The summed E-state index contributed by atoms with van der Waals surface area (Å²) in [4.78, 5) is 0. The first kappa shape index (κ1) is 6.62. The number of nitrogens with one attached hydrogen (secondary N) is 1. The van der Waals surface area contributed by atoms with Gasteiger partial charge in [-0.25, -0.2) is 0 Å². The molecule has 2 heteroatoms. The summed E-state index contributed by atoms with van der Waals surface area (Å²) in [6.07, 6.45) is 6.32. The Morgan fingerprint density at radius 2 is 1.90 bits per heavy atom. The van der Waals surface area contributed by atoms with E-state index in [0.717, 1.165) is 13.2 Å². The normalized spacial score (nSPS) is 31.2. The van der Waals surface area contributed by atoms with E-state index in [4.69, 9.17) is 4.74 Å². The molecule has 2 rings (SSSR count). The molecular weight excluding hydrogens is 126 g/mol. The maximum absolute atomic E-state index is 5.72. The van der Waals surface area contributed by atoms with E-state index < -0.39 is 0 Å². The second kappa shape index (κ2) is 2.51. The van der Waals surface area contributed by atoms with Crippen molar-refractivity contribution in [3.8, 4) is 0 Å². The minimum absolute atomic E-state index is 0.123. The third-order valence-electron chi connectivity index (χ3n) is 2.56. The van der Waals surface area contributed by atoms with Crippen molar-refractivity contribution in [1.29, 1.82) is 0 Å². The Morgan fingerprint density at radius 1 is 1.10 bits per heavy atom. The van der Waals surface area contributed by atoms with Gasteiger partial charge in [0, 0.05) is 0 Å². The highest BCUT2D eigenvalue weighted by atomic mass is 16.5. The Morgan fingerprint density at radius 3 is 2.50 bits per heavy atom. The largest absolute Gasteiger partial charge is 0.361 e. The molecule has 1 N–H and O–H groups in total. The first-order valence-electron chi connectivity index (χ1n) is 4.30. The zero-order valence-corrected chi connectivity index (χ0v) is 6.36. The zero-order valence-electron chi connectivity index (χ0n) is 6.36. The van der Waals surface area contributed by atoms with Crippen LogP contribution in [0, 0.1) is 0 Å². The van der Waals surface area contributed by atoms with Gasteiger partial charge in [0.25, 0.3) is 0 Å². The third-order valence-corrected chi connectivity index (χ3v) is 2.56. The van der Waals surface area contributed by atoms with Crippen molar-refractivity contribution in [2.24, 2.45) is 0 Å². The van der Waals surface area contributed by atoms with Crippen molar-refractivity contribution in [3.63, 3.8) is 0 Å². The monoisotopic (exact) mass is 141 g/mol. The van der Waals surface area contributed by atoms with Crippen LogP contribution in [0.5, 0.6) is 0 Å². The zero-order chi connectivity index (χ0) is 6.86. The smallest absolute Gasteiger partial charge is 0.119 e. The molecule has 0 amide bonds. The van der Waals surface area contributed by atoms with E-state index in [0.29, 0.717) is 0 Å². The molecule has 2 nitrogen and oxygen atoms in total. The minimum Gasteiger partial charge on any atom is -0.361 e. The molecule has 0 aromatic carbocycles. The van der Waals surface area contributed by atoms with Crippen LogP contribution < -0.4 is 5.32 Å². The van der Waals surface area contributed by atoms with E-state index in [1.54, 1.807) is 0 Å². The lowest BCUT2D eigenvalue weighted by molar-refractivity contribution is -0.0897. The van der Waals surface area contributed by atoms with Crippen molar-refractivity contribution in [2.45, 2.75) is 37.8 Å². The Bertz CT molecular complexity index is 110. The number of hydrogen-bond donors (Lipinski definition) is 1. The molecule has 2 fully saturated rings. The van der Waals surface area contributed by atoms with Crippen LogP contribution in [-0.2, 0) is 4.74 Å². The van der Waals surface area contributed by atoms with Gasteiger partial charge in [-0.1, -0.05) is 0 Å². The molecule has 1 spiro atoms. The fraction of sp³-hybridized carbons (Fsp3) is 1.00. The van der Waals surface area contributed by atoms with Crippen LogP contribution in [0.4, 0.5) is 0 Å². The number of rotatable bonds is 0. The first-order chi connectivity index (χ1) is 4.91. The van der Waals surface area contributed by atoms with Crippen LogP contribution in [0.15, 0.2) is 0 Å². The summed E-state index contributed by atoms with van der Waals surface area (Å²) in [6.45, 7) is 2.12. The molecule has 1 aliphatic carbocycles. The van der Waals surface area contributed by atoms with Crippen molar-refractivity contribution < 1.29 is 4.74 Å². The van der Waals surface area contributed by atoms with Crippen LogP contribution in [0.3, 0.4) is 0 Å². The summed E-state index contributed by atoms with van der Waals surface area (Å²) in [6, 6.07) is 0. The van der Waals surface area contributed by atoms with Crippen molar-refractivity contribution in [2.75, 3.05) is 13.2 Å². The topological polar surface area (TPSA) is 21.3 Å². The maximum atomic E-state index is 5.72. The van der Waals surface area contributed by atoms with Crippen LogP contribution in [0.1, 0.15) is 32.1 Å². The molecular formula is C8H15NO. The predicted octanol–water partition coefficient (Wildman–Crippen LogP) is 1.27. The van der Waals surface area contributed by atoms with Gasteiger partial charge in [-0.05, 0) is 38.6 Å². The fourth-order valence-electron chi connectivity index (χ4n) is 1.97. The maximum Gasteiger partial charge on any atom is 0.119 e. The highest BCUT2D eigenvalue weighted by Crippen LogP contribution is 2.32. The van der Waals surface area contributed by atoms with Crippen molar-refractivity contribution >= 4 is 0 Å². The molecule has 0 radical (unpaired) electrons. The molecule has 1 aliphatic heterocycles. The van der Waals surface area contributed by atoms with Gasteiger partial charge >= 0.3 is 0 Å². The van der Waals surface area contributed by atoms with E-state index in [9.17, 15) is 0 Å². The molecule has 1 saturated heterocycles. The summed E-state index contributed by atoms with van der Waals surface area (Å²) in [5.74, 6) is 0. The SMILES string of the molecule is C1CNC2(CCCC2)OC1. The molecule has 0 unspecified atom stereocenters. The highest BCUT2D eigenvalue weighted by molar-refractivity contribution is 4.85. The molecule has 1 heterocycles. The van der Waals surface area contributed by atoms with Crippen LogP contribution >= 0.6 is 0 Å². The van der Waals surface area contributed by atoms with E-state index in [1.807, 2.05) is 0 Å². The molecule has 0 aromatic heterocycles. The van der Waals surface area contributed by atoms with Gasteiger partial charge in [0.2, 0.25) is 0 Å². The third kappa shape index (κ3) is 1.06. The quantitative estimate of drug-likeness (QED) is 0.548. The number of hydrogen-bond acceptors (Lipinski definition) is 2. The standard InChI is InChI=1S/C8H15NO/c1-2-5-8(4-1)9-6-3-7-10-8/h9H,1-7H2. The van der Waals surface area contributed by atoms with Crippen molar-refractivity contribution in [1.82, 2.24) is 5.32 Å². The molecule has 2 aliphatic rings.